The second-order valence-corrected chi connectivity index (χ2v) is 7.74. The molecule has 0 atom stereocenters. The Hall–Kier alpha value is -2.19. The number of thioether (sulfide) groups is 1. The van der Waals surface area contributed by atoms with Crippen LogP contribution < -0.4 is 9.47 Å². The minimum Gasteiger partial charge on any atom is -0.496 e. The Morgan fingerprint density at radius 3 is 2.25 bits per heavy atom. The molecule has 0 bridgehead atoms. The molecule has 1 aliphatic rings. The van der Waals surface area contributed by atoms with Crippen LogP contribution in [0.1, 0.15) is 10.4 Å². The van der Waals surface area contributed by atoms with Gasteiger partial charge in [-0.1, -0.05) is 18.2 Å². The van der Waals surface area contributed by atoms with Gasteiger partial charge < -0.3 is 9.47 Å². The maximum atomic E-state index is 12.8. The molecule has 126 valence electrons. The van der Waals surface area contributed by atoms with Gasteiger partial charge in [-0.25, -0.2) is 12.7 Å². The molecule has 0 unspecified atom stereocenters. The Morgan fingerprint density at radius 2 is 1.62 bits per heavy atom. The Balaban J connectivity index is 2.01. The number of sulfonamides is 1. The third-order valence-corrected chi connectivity index (χ3v) is 6.56. The van der Waals surface area contributed by atoms with E-state index in [1.54, 1.807) is 0 Å². The summed E-state index contributed by atoms with van der Waals surface area (Å²) >= 11 is 1.27. The van der Waals surface area contributed by atoms with Crippen molar-refractivity contribution in [2.75, 3.05) is 20.1 Å². The summed E-state index contributed by atoms with van der Waals surface area (Å²) in [7, 11) is -1.23. The first-order valence-corrected chi connectivity index (χ1v) is 9.43. The highest BCUT2D eigenvalue weighted by atomic mass is 32.2. The van der Waals surface area contributed by atoms with Crippen LogP contribution in [-0.2, 0) is 10.0 Å². The van der Waals surface area contributed by atoms with Gasteiger partial charge in [0.2, 0.25) is 0 Å². The van der Waals surface area contributed by atoms with Gasteiger partial charge in [0.05, 0.1) is 20.1 Å². The van der Waals surface area contributed by atoms with Gasteiger partial charge in [0.1, 0.15) is 22.0 Å². The van der Waals surface area contributed by atoms with E-state index in [1.807, 2.05) is 30.3 Å². The maximum Gasteiger partial charge on any atom is 0.273 e. The third-order valence-electron chi connectivity index (χ3n) is 3.60. The smallest absolute Gasteiger partial charge is 0.273 e. The first-order chi connectivity index (χ1) is 11.5. The number of carbonyl (C=O) groups excluding carboxylic acids is 1. The molecule has 1 heterocycles. The zero-order chi connectivity index (χ0) is 17.3. The normalized spacial score (nSPS) is 15.2. The van der Waals surface area contributed by atoms with E-state index < -0.39 is 15.9 Å². The molecule has 0 N–H and O–H groups in total. The second-order valence-electron chi connectivity index (χ2n) is 4.92. The fraction of sp³-hybridized carbons (Fsp3) is 0.188. The van der Waals surface area contributed by atoms with Crippen molar-refractivity contribution in [1.29, 1.82) is 0 Å². The maximum absolute atomic E-state index is 12.8. The van der Waals surface area contributed by atoms with Crippen LogP contribution in [0.4, 0.5) is 0 Å². The van der Waals surface area contributed by atoms with E-state index in [0.717, 1.165) is 9.20 Å². The molecule has 1 aliphatic heterocycles. The number of methoxy groups -OCH3 is 2. The van der Waals surface area contributed by atoms with Crippen molar-refractivity contribution in [3.05, 3.63) is 48.0 Å². The number of hydrogen-bond donors (Lipinski definition) is 0. The van der Waals surface area contributed by atoms with E-state index in [1.165, 1.54) is 38.1 Å². The van der Waals surface area contributed by atoms with Crippen molar-refractivity contribution < 1.29 is 22.7 Å². The van der Waals surface area contributed by atoms with Gasteiger partial charge in [0, 0.05) is 4.90 Å². The molecule has 0 aromatic heterocycles. The van der Waals surface area contributed by atoms with Crippen LogP contribution in [0, 0.1) is 0 Å². The molecule has 3 rings (SSSR count). The zero-order valence-corrected chi connectivity index (χ0v) is 14.7. The molecule has 0 saturated heterocycles. The fourth-order valence-electron chi connectivity index (χ4n) is 2.46. The summed E-state index contributed by atoms with van der Waals surface area (Å²) in [5.41, 5.74) is 0.0190. The molecule has 1 amide bonds. The molecule has 2 aromatic carbocycles. The molecule has 8 heteroatoms. The standard InChI is InChI=1S/C16H15NO5S2/c1-21-12-8-9-13(22-2)15-14(12)16(18)17(24(15,19)20)10-23-11-6-4-3-5-7-11/h3-9H,10H2,1-2H3. The van der Waals surface area contributed by atoms with E-state index >= 15 is 0 Å². The lowest BCUT2D eigenvalue weighted by molar-refractivity contribution is 0.0884. The largest absolute Gasteiger partial charge is 0.496 e. The van der Waals surface area contributed by atoms with Gasteiger partial charge in [-0.15, -0.1) is 11.8 Å². The summed E-state index contributed by atoms with van der Waals surface area (Å²) in [4.78, 5) is 13.4. The molecule has 6 nitrogen and oxygen atoms in total. The van der Waals surface area contributed by atoms with Gasteiger partial charge in [-0.3, -0.25) is 4.79 Å². The summed E-state index contributed by atoms with van der Waals surface area (Å²) in [5, 5.41) is 0. The summed E-state index contributed by atoms with van der Waals surface area (Å²) < 4.78 is 36.8. The number of carbonyl (C=O) groups is 1. The minimum atomic E-state index is -3.98. The molecular weight excluding hydrogens is 350 g/mol. The van der Waals surface area contributed by atoms with Crippen LogP contribution in [0.25, 0.3) is 0 Å². The van der Waals surface area contributed by atoms with Crippen molar-refractivity contribution >= 4 is 27.7 Å². The van der Waals surface area contributed by atoms with Gasteiger partial charge in [0.25, 0.3) is 15.9 Å². The predicted molar refractivity (Wildman–Crippen MR) is 90.1 cm³/mol. The summed E-state index contributed by atoms with van der Waals surface area (Å²) in [6, 6.07) is 12.3. The lowest BCUT2D eigenvalue weighted by Crippen LogP contribution is -2.29. The molecule has 0 aliphatic carbocycles. The van der Waals surface area contributed by atoms with E-state index in [4.69, 9.17) is 9.47 Å². The van der Waals surface area contributed by atoms with Crippen LogP contribution >= 0.6 is 11.8 Å². The summed E-state index contributed by atoms with van der Waals surface area (Å²) in [6.45, 7) is 0. The highest BCUT2D eigenvalue weighted by Crippen LogP contribution is 2.43. The Bertz CT molecular complexity index is 881. The van der Waals surface area contributed by atoms with Gasteiger partial charge >= 0.3 is 0 Å². The van der Waals surface area contributed by atoms with Crippen LogP contribution in [0.5, 0.6) is 11.5 Å². The first kappa shape index (κ1) is 16.7. The number of fused-ring (bicyclic) bond motifs is 1. The number of amides is 1. The number of nitrogens with zero attached hydrogens (tertiary/aromatic N) is 1. The Kier molecular flexibility index (Phi) is 4.42. The Labute approximate surface area is 144 Å². The summed E-state index contributed by atoms with van der Waals surface area (Å²) in [5.74, 6) is -0.284. The lowest BCUT2D eigenvalue weighted by Gasteiger charge is -2.14. The third kappa shape index (κ3) is 2.61. The molecular formula is C16H15NO5S2. The number of rotatable bonds is 5. The summed E-state index contributed by atoms with van der Waals surface area (Å²) in [6.07, 6.45) is 0. The van der Waals surface area contributed by atoms with Gasteiger partial charge in [0.15, 0.2) is 0 Å². The van der Waals surface area contributed by atoms with Crippen molar-refractivity contribution in [2.45, 2.75) is 9.79 Å². The SMILES string of the molecule is COc1ccc(OC)c2c1C(=O)N(CSc1ccccc1)S2(=O)=O. The van der Waals surface area contributed by atoms with E-state index in [9.17, 15) is 13.2 Å². The topological polar surface area (TPSA) is 72.9 Å². The molecule has 24 heavy (non-hydrogen) atoms. The van der Waals surface area contributed by atoms with E-state index in [2.05, 4.69) is 0 Å². The zero-order valence-electron chi connectivity index (χ0n) is 13.1. The number of hydrogen-bond acceptors (Lipinski definition) is 6. The average molecular weight is 365 g/mol. The molecule has 2 aromatic rings. The van der Waals surface area contributed by atoms with E-state index in [0.29, 0.717) is 0 Å². The monoisotopic (exact) mass is 365 g/mol. The van der Waals surface area contributed by atoms with Crippen LogP contribution in [0.15, 0.2) is 52.3 Å². The minimum absolute atomic E-state index is 0.0190. The highest BCUT2D eigenvalue weighted by molar-refractivity contribution is 8.00. The quantitative estimate of drug-likeness (QED) is 0.759. The predicted octanol–water partition coefficient (Wildman–Crippen LogP) is 2.60. The van der Waals surface area contributed by atoms with E-state index in [-0.39, 0.29) is 27.8 Å². The first-order valence-electron chi connectivity index (χ1n) is 7.00. The van der Waals surface area contributed by atoms with Crippen LogP contribution in [0.2, 0.25) is 0 Å². The van der Waals surface area contributed by atoms with Crippen molar-refractivity contribution in [3.8, 4) is 11.5 Å². The van der Waals surface area contributed by atoms with Crippen molar-refractivity contribution in [2.24, 2.45) is 0 Å². The van der Waals surface area contributed by atoms with Gasteiger partial charge in [-0.2, -0.15) is 0 Å². The van der Waals surface area contributed by atoms with Crippen LogP contribution in [-0.4, -0.2) is 38.7 Å². The molecule has 0 fully saturated rings. The Morgan fingerprint density at radius 1 is 1.00 bits per heavy atom. The van der Waals surface area contributed by atoms with Gasteiger partial charge in [-0.05, 0) is 24.3 Å². The van der Waals surface area contributed by atoms with Crippen molar-refractivity contribution in [1.82, 2.24) is 4.31 Å². The van der Waals surface area contributed by atoms with Crippen molar-refractivity contribution in [3.63, 3.8) is 0 Å². The lowest BCUT2D eigenvalue weighted by atomic mass is 10.1. The number of ether oxygens (including phenoxy) is 2. The second kappa shape index (κ2) is 6.37. The molecule has 0 saturated carbocycles. The van der Waals surface area contributed by atoms with Crippen LogP contribution in [0.3, 0.4) is 0 Å². The average Bonchev–Trinajstić information content (AvgIpc) is 2.80. The number of benzene rings is 2. The molecule has 0 spiro atoms. The fourth-order valence-corrected chi connectivity index (χ4v) is 5.28. The highest BCUT2D eigenvalue weighted by Gasteiger charge is 2.45. The molecule has 0 radical (unpaired) electrons.